The van der Waals surface area contributed by atoms with E-state index in [2.05, 4.69) is 20.7 Å². The molecule has 0 radical (unpaired) electrons. The lowest BCUT2D eigenvalue weighted by Gasteiger charge is -2.28. The Morgan fingerprint density at radius 3 is 2.67 bits per heavy atom. The van der Waals surface area contributed by atoms with Gasteiger partial charge in [0, 0.05) is 10.7 Å². The molecule has 1 aromatic heterocycles. The monoisotopic (exact) mass is 441 g/mol. The number of rotatable bonds is 5. The van der Waals surface area contributed by atoms with E-state index in [4.69, 9.17) is 16.3 Å². The van der Waals surface area contributed by atoms with Gasteiger partial charge < -0.3 is 15.4 Å². The predicted molar refractivity (Wildman–Crippen MR) is 119 cm³/mol. The van der Waals surface area contributed by atoms with Crippen LogP contribution in [0.1, 0.15) is 18.5 Å². The number of carbonyl (C=O) groups excluding carboxylic acids is 1. The molecule has 0 spiro atoms. The van der Waals surface area contributed by atoms with Crippen molar-refractivity contribution in [2.75, 3.05) is 24.0 Å². The normalized spacial score (nSPS) is 15.4. The summed E-state index contributed by atoms with van der Waals surface area (Å²) in [7, 11) is 1.57. The van der Waals surface area contributed by atoms with Gasteiger partial charge >= 0.3 is 0 Å². The number of para-hydroxylation sites is 2. The molecule has 2 heterocycles. The maximum Gasteiger partial charge on any atom is 0.255 e. The lowest BCUT2D eigenvalue weighted by Crippen LogP contribution is -2.31. The Hall–Kier alpha value is -2.97. The first-order valence-electron chi connectivity index (χ1n) is 9.20. The highest BCUT2D eigenvalue weighted by atomic mass is 35.5. The summed E-state index contributed by atoms with van der Waals surface area (Å²) in [6.07, 6.45) is 1.91. The number of ether oxygens (including phenoxy) is 1. The van der Waals surface area contributed by atoms with Crippen LogP contribution in [-0.2, 0) is 4.79 Å². The van der Waals surface area contributed by atoms with Crippen LogP contribution in [0.3, 0.4) is 0 Å². The fraction of sp³-hybridized carbons (Fsp3) is 0.190. The van der Waals surface area contributed by atoms with Crippen molar-refractivity contribution >= 4 is 40.9 Å². The lowest BCUT2D eigenvalue weighted by molar-refractivity contribution is -0.113. The molecule has 1 aliphatic heterocycles. The number of benzene rings is 2. The van der Waals surface area contributed by atoms with Crippen LogP contribution in [0.25, 0.3) is 0 Å². The second-order valence-corrected chi connectivity index (χ2v) is 7.85. The summed E-state index contributed by atoms with van der Waals surface area (Å²) >= 11 is 7.53. The fourth-order valence-electron chi connectivity index (χ4n) is 3.40. The third kappa shape index (κ3) is 3.76. The van der Waals surface area contributed by atoms with Gasteiger partial charge in [0.15, 0.2) is 0 Å². The molecular weight excluding hydrogens is 422 g/mol. The summed E-state index contributed by atoms with van der Waals surface area (Å²) in [4.78, 5) is 17.9. The average molecular weight is 442 g/mol. The highest BCUT2D eigenvalue weighted by molar-refractivity contribution is 7.98. The number of anilines is 2. The predicted octanol–water partition coefficient (Wildman–Crippen LogP) is 4.59. The van der Waals surface area contributed by atoms with Crippen LogP contribution in [0, 0.1) is 0 Å². The number of hydrogen-bond donors (Lipinski definition) is 2. The zero-order chi connectivity index (χ0) is 21.3. The van der Waals surface area contributed by atoms with Gasteiger partial charge in [0.05, 0.1) is 18.4 Å². The molecule has 2 N–H and O–H groups in total. The third-order valence-corrected chi connectivity index (χ3v) is 5.59. The van der Waals surface area contributed by atoms with Crippen LogP contribution in [-0.4, -0.2) is 34.0 Å². The number of amides is 1. The molecule has 0 saturated carbocycles. The number of fused-ring (bicyclic) bond motifs is 1. The molecular formula is C21H20ClN5O2S. The molecule has 2 aromatic carbocycles. The molecule has 1 amide bonds. The minimum atomic E-state index is -0.457. The molecule has 1 unspecified atom stereocenters. The maximum atomic E-state index is 13.4. The van der Waals surface area contributed by atoms with E-state index in [1.54, 1.807) is 36.1 Å². The molecule has 9 heteroatoms. The van der Waals surface area contributed by atoms with E-state index in [0.717, 1.165) is 5.56 Å². The molecule has 0 bridgehead atoms. The van der Waals surface area contributed by atoms with Crippen LogP contribution in [0.5, 0.6) is 5.75 Å². The van der Waals surface area contributed by atoms with Gasteiger partial charge in [0.2, 0.25) is 11.1 Å². The Labute approximate surface area is 183 Å². The quantitative estimate of drug-likeness (QED) is 0.563. The SMILES string of the molecule is COc1ccccc1NC(=O)C1=C(C)Nc2nc(SC)nn2C1c1ccc(Cl)cc1. The van der Waals surface area contributed by atoms with E-state index < -0.39 is 6.04 Å². The Bertz CT molecular complexity index is 1130. The minimum Gasteiger partial charge on any atom is -0.495 e. The number of halogens is 1. The topological polar surface area (TPSA) is 81.1 Å². The smallest absolute Gasteiger partial charge is 0.255 e. The lowest BCUT2D eigenvalue weighted by atomic mass is 9.95. The van der Waals surface area contributed by atoms with Crippen molar-refractivity contribution in [3.63, 3.8) is 0 Å². The first kappa shape index (κ1) is 20.3. The molecule has 1 aliphatic rings. The number of thioether (sulfide) groups is 1. The fourth-order valence-corrected chi connectivity index (χ4v) is 3.88. The molecule has 0 aliphatic carbocycles. The molecule has 0 fully saturated rings. The zero-order valence-electron chi connectivity index (χ0n) is 16.6. The summed E-state index contributed by atoms with van der Waals surface area (Å²) in [6, 6.07) is 14.2. The summed E-state index contributed by atoms with van der Waals surface area (Å²) in [5.41, 5.74) is 2.71. The number of carbonyl (C=O) groups is 1. The Morgan fingerprint density at radius 1 is 1.23 bits per heavy atom. The minimum absolute atomic E-state index is 0.253. The first-order valence-corrected chi connectivity index (χ1v) is 10.8. The molecule has 7 nitrogen and oxygen atoms in total. The van der Waals surface area contributed by atoms with Crippen LogP contribution >= 0.6 is 23.4 Å². The highest BCUT2D eigenvalue weighted by Crippen LogP contribution is 2.37. The summed E-state index contributed by atoms with van der Waals surface area (Å²) in [5, 5.41) is 12.0. The van der Waals surface area contributed by atoms with E-state index in [9.17, 15) is 4.79 Å². The van der Waals surface area contributed by atoms with Crippen LogP contribution in [0.4, 0.5) is 11.6 Å². The van der Waals surface area contributed by atoms with Gasteiger partial charge in [-0.3, -0.25) is 4.79 Å². The molecule has 154 valence electrons. The van der Waals surface area contributed by atoms with Crippen molar-refractivity contribution in [1.82, 2.24) is 14.8 Å². The highest BCUT2D eigenvalue weighted by Gasteiger charge is 2.34. The van der Waals surface area contributed by atoms with Gasteiger partial charge in [-0.2, -0.15) is 4.98 Å². The van der Waals surface area contributed by atoms with Crippen molar-refractivity contribution in [2.45, 2.75) is 18.1 Å². The molecule has 30 heavy (non-hydrogen) atoms. The van der Waals surface area contributed by atoms with Crippen molar-refractivity contribution in [2.24, 2.45) is 0 Å². The van der Waals surface area contributed by atoms with E-state index in [1.165, 1.54) is 11.8 Å². The largest absolute Gasteiger partial charge is 0.495 e. The molecule has 0 saturated heterocycles. The number of allylic oxidation sites excluding steroid dienone is 1. The summed E-state index contributed by atoms with van der Waals surface area (Å²) < 4.78 is 7.10. The van der Waals surface area contributed by atoms with Crippen molar-refractivity contribution in [3.8, 4) is 5.75 Å². The van der Waals surface area contributed by atoms with Crippen LogP contribution < -0.4 is 15.4 Å². The molecule has 1 atom stereocenters. The van der Waals surface area contributed by atoms with Gasteiger partial charge in [-0.05, 0) is 43.0 Å². The maximum absolute atomic E-state index is 13.4. The van der Waals surface area contributed by atoms with Crippen molar-refractivity contribution in [3.05, 3.63) is 70.4 Å². The van der Waals surface area contributed by atoms with E-state index in [0.29, 0.717) is 38.8 Å². The Balaban J connectivity index is 1.79. The Morgan fingerprint density at radius 2 is 1.97 bits per heavy atom. The second-order valence-electron chi connectivity index (χ2n) is 6.64. The summed E-state index contributed by atoms with van der Waals surface area (Å²) in [6.45, 7) is 1.86. The number of nitrogens with one attached hydrogen (secondary N) is 2. The van der Waals surface area contributed by atoms with Crippen molar-refractivity contribution < 1.29 is 9.53 Å². The first-order chi connectivity index (χ1) is 14.5. The number of hydrogen-bond acceptors (Lipinski definition) is 6. The zero-order valence-corrected chi connectivity index (χ0v) is 18.2. The molecule has 3 aromatic rings. The number of methoxy groups -OCH3 is 1. The number of nitrogens with zero attached hydrogens (tertiary/aromatic N) is 3. The number of aromatic nitrogens is 3. The van der Waals surface area contributed by atoms with Crippen molar-refractivity contribution in [1.29, 1.82) is 0 Å². The second kappa shape index (κ2) is 8.41. The Kier molecular flexibility index (Phi) is 5.69. The van der Waals surface area contributed by atoms with E-state index >= 15 is 0 Å². The van der Waals surface area contributed by atoms with Gasteiger partial charge in [-0.25, -0.2) is 4.68 Å². The van der Waals surface area contributed by atoms with E-state index in [1.807, 2.05) is 37.4 Å². The third-order valence-electron chi connectivity index (χ3n) is 4.80. The summed E-state index contributed by atoms with van der Waals surface area (Å²) in [5.74, 6) is 0.920. The van der Waals surface area contributed by atoms with E-state index in [-0.39, 0.29) is 5.91 Å². The average Bonchev–Trinajstić information content (AvgIpc) is 3.16. The van der Waals surface area contributed by atoms with Crippen LogP contribution in [0.2, 0.25) is 5.02 Å². The van der Waals surface area contributed by atoms with Gasteiger partial charge in [-0.1, -0.05) is 47.6 Å². The van der Waals surface area contributed by atoms with Gasteiger partial charge in [0.25, 0.3) is 5.91 Å². The van der Waals surface area contributed by atoms with Gasteiger partial charge in [0.1, 0.15) is 11.8 Å². The standard InChI is InChI=1S/C21H20ClN5O2S/c1-12-17(19(28)24-15-6-4-5-7-16(15)29-2)18(13-8-10-14(22)11-9-13)27-20(23-12)25-21(26-27)30-3/h4-11,18H,1-3H3,(H,24,28)(H,23,25,26). The molecule has 4 rings (SSSR count). The van der Waals surface area contributed by atoms with Crippen LogP contribution in [0.15, 0.2) is 65.0 Å². The van der Waals surface area contributed by atoms with Gasteiger partial charge in [-0.15, -0.1) is 5.10 Å².